The van der Waals surface area contributed by atoms with Crippen LogP contribution in [0.4, 0.5) is 4.39 Å². The van der Waals surface area contributed by atoms with E-state index in [0.717, 1.165) is 23.7 Å². The third-order valence-corrected chi connectivity index (χ3v) is 5.45. The lowest BCUT2D eigenvalue weighted by atomic mass is 10.0. The second kappa shape index (κ2) is 6.50. The summed E-state index contributed by atoms with van der Waals surface area (Å²) in [5.74, 6) is -0.0542. The summed E-state index contributed by atoms with van der Waals surface area (Å²) >= 11 is 0. The van der Waals surface area contributed by atoms with Gasteiger partial charge in [0.15, 0.2) is 0 Å². The molecule has 2 fully saturated rings. The maximum atomic E-state index is 12.8. The Morgan fingerprint density at radius 3 is 2.76 bits per heavy atom. The highest BCUT2D eigenvalue weighted by atomic mass is 19.1. The number of aromatic amines is 1. The molecule has 1 atom stereocenters. The van der Waals surface area contributed by atoms with Gasteiger partial charge in [0.1, 0.15) is 0 Å². The zero-order valence-electron chi connectivity index (χ0n) is 14.1. The van der Waals surface area contributed by atoms with Crippen molar-refractivity contribution in [2.45, 2.75) is 25.3 Å². The Balaban J connectivity index is 1.39. The molecule has 4 rings (SSSR count). The molecular weight excluding hydrogens is 321 g/mol. The van der Waals surface area contributed by atoms with Crippen LogP contribution >= 0.6 is 0 Å². The third kappa shape index (κ3) is 3.01. The number of rotatable bonds is 3. The van der Waals surface area contributed by atoms with E-state index in [4.69, 9.17) is 0 Å². The number of amides is 2. The molecule has 0 radical (unpaired) electrons. The molecule has 2 aliphatic heterocycles. The Bertz CT molecular complexity index is 795. The Hall–Kier alpha value is -2.37. The van der Waals surface area contributed by atoms with Crippen LogP contribution in [0.2, 0.25) is 0 Å². The highest BCUT2D eigenvalue weighted by molar-refractivity contribution is 5.98. The van der Waals surface area contributed by atoms with Gasteiger partial charge in [-0.15, -0.1) is 0 Å². The monoisotopic (exact) mass is 343 g/mol. The van der Waals surface area contributed by atoms with Gasteiger partial charge >= 0.3 is 0 Å². The lowest BCUT2D eigenvalue weighted by Crippen LogP contribution is -2.47. The SMILES string of the molecule is O=C(c1ccc2[nH]ccc2c1)N1CCC(N2CC(CF)CC2=O)CC1. The minimum Gasteiger partial charge on any atom is -0.361 e. The van der Waals surface area contributed by atoms with E-state index >= 15 is 0 Å². The highest BCUT2D eigenvalue weighted by Crippen LogP contribution is 2.26. The van der Waals surface area contributed by atoms with Crippen LogP contribution in [0, 0.1) is 5.92 Å². The van der Waals surface area contributed by atoms with Gasteiger partial charge in [-0.05, 0) is 37.1 Å². The number of alkyl halides is 1. The number of piperidine rings is 1. The van der Waals surface area contributed by atoms with Gasteiger partial charge in [0.2, 0.25) is 5.91 Å². The van der Waals surface area contributed by atoms with Crippen LogP contribution in [0.3, 0.4) is 0 Å². The summed E-state index contributed by atoms with van der Waals surface area (Å²) in [5.41, 5.74) is 1.71. The topological polar surface area (TPSA) is 56.4 Å². The van der Waals surface area contributed by atoms with Gasteiger partial charge < -0.3 is 14.8 Å². The standard InChI is InChI=1S/C19H22FN3O2/c20-11-13-9-18(24)23(12-13)16-4-7-22(8-5-16)19(25)15-1-2-17-14(10-15)3-6-21-17/h1-3,6,10,13,16,21H,4-5,7-9,11-12H2. The second-order valence-electron chi connectivity index (χ2n) is 7.07. The smallest absolute Gasteiger partial charge is 0.253 e. The first kappa shape index (κ1) is 16.1. The molecule has 0 aliphatic carbocycles. The lowest BCUT2D eigenvalue weighted by Gasteiger charge is -2.37. The Labute approximate surface area is 145 Å². The van der Waals surface area contributed by atoms with E-state index in [9.17, 15) is 14.0 Å². The number of nitrogens with zero attached hydrogens (tertiary/aromatic N) is 2. The highest BCUT2D eigenvalue weighted by Gasteiger charge is 2.36. The molecule has 1 N–H and O–H groups in total. The van der Waals surface area contributed by atoms with Gasteiger partial charge in [0.25, 0.3) is 5.91 Å². The molecule has 3 heterocycles. The third-order valence-electron chi connectivity index (χ3n) is 5.45. The van der Waals surface area contributed by atoms with Gasteiger partial charge in [-0.2, -0.15) is 0 Å². The minimum atomic E-state index is -0.429. The van der Waals surface area contributed by atoms with E-state index in [2.05, 4.69) is 4.98 Å². The normalized spacial score (nSPS) is 22.1. The van der Waals surface area contributed by atoms with Crippen molar-refractivity contribution in [1.29, 1.82) is 0 Å². The molecule has 1 unspecified atom stereocenters. The van der Waals surface area contributed by atoms with E-state index in [0.29, 0.717) is 31.6 Å². The number of carbonyl (C=O) groups excluding carboxylic acids is 2. The van der Waals surface area contributed by atoms with Crippen LogP contribution in [-0.2, 0) is 4.79 Å². The average molecular weight is 343 g/mol. The first-order chi connectivity index (χ1) is 12.2. The summed E-state index contributed by atoms with van der Waals surface area (Å²) in [4.78, 5) is 31.6. The zero-order chi connectivity index (χ0) is 17.4. The van der Waals surface area contributed by atoms with Crippen molar-refractivity contribution in [3.8, 4) is 0 Å². The summed E-state index contributed by atoms with van der Waals surface area (Å²) < 4.78 is 12.8. The first-order valence-electron chi connectivity index (χ1n) is 8.87. The molecule has 132 valence electrons. The Kier molecular flexibility index (Phi) is 4.19. The number of hydrogen-bond donors (Lipinski definition) is 1. The van der Waals surface area contributed by atoms with Crippen molar-refractivity contribution in [2.75, 3.05) is 26.3 Å². The number of carbonyl (C=O) groups is 2. The van der Waals surface area contributed by atoms with Crippen LogP contribution in [0.1, 0.15) is 29.6 Å². The van der Waals surface area contributed by atoms with E-state index < -0.39 is 6.67 Å². The molecule has 0 spiro atoms. The molecule has 1 aromatic carbocycles. The van der Waals surface area contributed by atoms with Crippen LogP contribution in [0.25, 0.3) is 10.9 Å². The molecule has 0 saturated carbocycles. The Morgan fingerprint density at radius 2 is 2.04 bits per heavy atom. The Morgan fingerprint density at radius 1 is 1.24 bits per heavy atom. The lowest BCUT2D eigenvalue weighted by molar-refractivity contribution is -0.130. The summed E-state index contributed by atoms with van der Waals surface area (Å²) in [7, 11) is 0. The molecule has 2 saturated heterocycles. The molecule has 1 aromatic heterocycles. The molecule has 2 aromatic rings. The van der Waals surface area contributed by atoms with Gasteiger partial charge in [0.05, 0.1) is 6.67 Å². The fraction of sp³-hybridized carbons (Fsp3) is 0.474. The number of aromatic nitrogens is 1. The number of benzene rings is 1. The second-order valence-corrected chi connectivity index (χ2v) is 7.07. The summed E-state index contributed by atoms with van der Waals surface area (Å²) in [6.07, 6.45) is 3.72. The van der Waals surface area contributed by atoms with Crippen molar-refractivity contribution >= 4 is 22.7 Å². The largest absolute Gasteiger partial charge is 0.361 e. The molecular formula is C19H22FN3O2. The van der Waals surface area contributed by atoms with Crippen LogP contribution < -0.4 is 0 Å². The van der Waals surface area contributed by atoms with Crippen molar-refractivity contribution in [1.82, 2.24) is 14.8 Å². The predicted octanol–water partition coefficient (Wildman–Crippen LogP) is 2.59. The van der Waals surface area contributed by atoms with Crippen LogP contribution in [0.15, 0.2) is 30.5 Å². The van der Waals surface area contributed by atoms with Crippen molar-refractivity contribution < 1.29 is 14.0 Å². The van der Waals surface area contributed by atoms with E-state index in [-0.39, 0.29) is 23.8 Å². The molecule has 2 aliphatic rings. The van der Waals surface area contributed by atoms with E-state index in [1.807, 2.05) is 40.3 Å². The zero-order valence-corrected chi connectivity index (χ0v) is 14.1. The maximum Gasteiger partial charge on any atom is 0.253 e. The van der Waals surface area contributed by atoms with Gasteiger partial charge in [-0.25, -0.2) is 0 Å². The number of H-pyrrole nitrogens is 1. The fourth-order valence-corrected chi connectivity index (χ4v) is 4.01. The van der Waals surface area contributed by atoms with E-state index in [1.54, 1.807) is 0 Å². The molecule has 2 amide bonds. The number of nitrogens with one attached hydrogen (secondary N) is 1. The average Bonchev–Trinajstić information content (AvgIpc) is 3.26. The van der Waals surface area contributed by atoms with Crippen molar-refractivity contribution in [3.63, 3.8) is 0 Å². The number of halogens is 1. The number of hydrogen-bond acceptors (Lipinski definition) is 2. The predicted molar refractivity (Wildman–Crippen MR) is 93.0 cm³/mol. The molecule has 5 nitrogen and oxygen atoms in total. The fourth-order valence-electron chi connectivity index (χ4n) is 4.01. The number of likely N-dealkylation sites (tertiary alicyclic amines) is 2. The van der Waals surface area contributed by atoms with Gasteiger partial charge in [-0.1, -0.05) is 0 Å². The molecule has 0 bridgehead atoms. The molecule has 6 heteroatoms. The van der Waals surface area contributed by atoms with Crippen LogP contribution in [0.5, 0.6) is 0 Å². The van der Waals surface area contributed by atoms with Gasteiger partial charge in [-0.3, -0.25) is 14.0 Å². The minimum absolute atomic E-state index is 0.0379. The number of fused-ring (bicyclic) bond motifs is 1. The summed E-state index contributed by atoms with van der Waals surface area (Å²) in [6.45, 7) is 1.37. The summed E-state index contributed by atoms with van der Waals surface area (Å²) in [5, 5.41) is 1.03. The quantitative estimate of drug-likeness (QED) is 0.931. The van der Waals surface area contributed by atoms with Crippen molar-refractivity contribution in [2.24, 2.45) is 5.92 Å². The van der Waals surface area contributed by atoms with E-state index in [1.165, 1.54) is 0 Å². The van der Waals surface area contributed by atoms with Crippen LogP contribution in [-0.4, -0.2) is 58.9 Å². The van der Waals surface area contributed by atoms with Crippen molar-refractivity contribution in [3.05, 3.63) is 36.0 Å². The molecule has 25 heavy (non-hydrogen) atoms. The first-order valence-corrected chi connectivity index (χ1v) is 8.87. The maximum absolute atomic E-state index is 12.8. The van der Waals surface area contributed by atoms with Gasteiger partial charge in [0, 0.05) is 60.7 Å². The summed E-state index contributed by atoms with van der Waals surface area (Å²) in [6, 6.07) is 7.79.